The first-order valence-electron chi connectivity index (χ1n) is 5.51. The highest BCUT2D eigenvalue weighted by Crippen LogP contribution is 2.24. The average Bonchev–Trinajstić information content (AvgIpc) is 2.40. The van der Waals surface area contributed by atoms with E-state index in [1.165, 1.54) is 5.56 Å². The predicted octanol–water partition coefficient (Wildman–Crippen LogP) is 2.31. The second-order valence-electron chi connectivity index (χ2n) is 3.83. The monoisotopic (exact) mass is 307 g/mol. The Morgan fingerprint density at radius 2 is 2.06 bits per heavy atom. The van der Waals surface area contributed by atoms with Gasteiger partial charge in [0.25, 0.3) is 0 Å². The van der Waals surface area contributed by atoms with E-state index in [-0.39, 0.29) is 0 Å². The molecule has 18 heavy (non-hydrogen) atoms. The molecule has 0 spiro atoms. The van der Waals surface area contributed by atoms with Crippen LogP contribution in [-0.2, 0) is 6.54 Å². The number of nitrogens with zero attached hydrogens (tertiary/aromatic N) is 4. The van der Waals surface area contributed by atoms with Crippen molar-refractivity contribution in [3.05, 3.63) is 40.8 Å². The van der Waals surface area contributed by atoms with Gasteiger partial charge in [0, 0.05) is 39.2 Å². The van der Waals surface area contributed by atoms with Crippen molar-refractivity contribution < 1.29 is 0 Å². The van der Waals surface area contributed by atoms with E-state index in [2.05, 4.69) is 41.1 Å². The Hall–Kier alpha value is -1.69. The van der Waals surface area contributed by atoms with Crippen LogP contribution >= 0.6 is 15.9 Å². The number of nitrogens with one attached hydrogen (secondary N) is 1. The summed E-state index contributed by atoms with van der Waals surface area (Å²) in [6.45, 7) is 0.765. The molecule has 0 saturated carbocycles. The van der Waals surface area contributed by atoms with Crippen molar-refractivity contribution >= 4 is 27.7 Å². The molecule has 0 fully saturated rings. The Morgan fingerprint density at radius 1 is 1.33 bits per heavy atom. The number of hydrogen-bond donors (Lipinski definition) is 1. The minimum absolute atomic E-state index is 0.606. The minimum atomic E-state index is 0.606. The maximum Gasteiger partial charge on any atom is 0.224 e. The van der Waals surface area contributed by atoms with Crippen LogP contribution in [0.25, 0.3) is 0 Å². The molecule has 0 aromatic carbocycles. The van der Waals surface area contributed by atoms with E-state index in [1.807, 2.05) is 19.2 Å². The molecule has 0 atom stereocenters. The van der Waals surface area contributed by atoms with Crippen LogP contribution in [-0.4, -0.2) is 29.0 Å². The lowest BCUT2D eigenvalue weighted by atomic mass is 10.2. The highest BCUT2D eigenvalue weighted by Gasteiger charge is 2.09. The van der Waals surface area contributed by atoms with Crippen molar-refractivity contribution in [2.24, 2.45) is 0 Å². The molecule has 5 nitrogen and oxygen atoms in total. The van der Waals surface area contributed by atoms with Gasteiger partial charge in [-0.1, -0.05) is 0 Å². The Labute approximate surface area is 114 Å². The lowest BCUT2D eigenvalue weighted by molar-refractivity contribution is 0.885. The Balaban J connectivity index is 2.20. The van der Waals surface area contributed by atoms with Crippen molar-refractivity contribution in [1.82, 2.24) is 15.0 Å². The zero-order chi connectivity index (χ0) is 13.0. The summed E-state index contributed by atoms with van der Waals surface area (Å²) in [7, 11) is 3.79. The molecule has 2 aromatic heterocycles. The predicted molar refractivity (Wildman–Crippen MR) is 75.6 cm³/mol. The van der Waals surface area contributed by atoms with Crippen LogP contribution in [0.4, 0.5) is 11.8 Å². The summed E-state index contributed by atoms with van der Waals surface area (Å²) in [5.74, 6) is 1.46. The van der Waals surface area contributed by atoms with E-state index < -0.39 is 0 Å². The van der Waals surface area contributed by atoms with Gasteiger partial charge in [-0.15, -0.1) is 0 Å². The summed E-state index contributed by atoms with van der Waals surface area (Å²) in [5, 5.41) is 2.93. The smallest absolute Gasteiger partial charge is 0.224 e. The molecule has 0 aliphatic heterocycles. The fourth-order valence-corrected chi connectivity index (χ4v) is 2.08. The molecule has 1 N–H and O–H groups in total. The van der Waals surface area contributed by atoms with Gasteiger partial charge in [0.2, 0.25) is 5.95 Å². The average molecular weight is 308 g/mol. The third-order valence-corrected chi connectivity index (χ3v) is 3.04. The topological polar surface area (TPSA) is 53.9 Å². The summed E-state index contributed by atoms with van der Waals surface area (Å²) in [6, 6.07) is 3.98. The van der Waals surface area contributed by atoms with Gasteiger partial charge >= 0.3 is 0 Å². The summed E-state index contributed by atoms with van der Waals surface area (Å²) in [5.41, 5.74) is 1.18. The number of halogens is 1. The molecule has 2 aromatic rings. The fourth-order valence-electron chi connectivity index (χ4n) is 1.58. The zero-order valence-corrected chi connectivity index (χ0v) is 11.8. The number of rotatable bonds is 4. The van der Waals surface area contributed by atoms with Gasteiger partial charge in [-0.2, -0.15) is 4.98 Å². The van der Waals surface area contributed by atoms with Gasteiger partial charge in [0.1, 0.15) is 5.82 Å². The summed E-state index contributed by atoms with van der Waals surface area (Å²) < 4.78 is 0.873. The van der Waals surface area contributed by atoms with Gasteiger partial charge in [0.05, 0.1) is 4.47 Å². The van der Waals surface area contributed by atoms with Crippen LogP contribution in [0.5, 0.6) is 0 Å². The van der Waals surface area contributed by atoms with Crippen LogP contribution in [0.2, 0.25) is 0 Å². The molecule has 0 amide bonds. The van der Waals surface area contributed by atoms with Crippen molar-refractivity contribution in [2.75, 3.05) is 24.3 Å². The van der Waals surface area contributed by atoms with Crippen LogP contribution in [0.15, 0.2) is 35.2 Å². The van der Waals surface area contributed by atoms with Crippen molar-refractivity contribution in [3.8, 4) is 0 Å². The molecule has 0 bridgehead atoms. The standard InChI is InChI=1S/C12H14BrN5/c1-14-12-16-7-10(13)11(17-12)18(2)8-9-3-5-15-6-4-9/h3-7H,8H2,1-2H3,(H,14,16,17). The molecule has 0 aliphatic carbocycles. The molecular weight excluding hydrogens is 294 g/mol. The summed E-state index contributed by atoms with van der Waals surface area (Å²) >= 11 is 3.47. The molecule has 6 heteroatoms. The number of pyridine rings is 1. The van der Waals surface area contributed by atoms with E-state index in [1.54, 1.807) is 25.6 Å². The molecular formula is C12H14BrN5. The van der Waals surface area contributed by atoms with Gasteiger partial charge in [-0.3, -0.25) is 4.98 Å². The molecule has 0 unspecified atom stereocenters. The van der Waals surface area contributed by atoms with Gasteiger partial charge < -0.3 is 10.2 Å². The maximum atomic E-state index is 4.43. The highest BCUT2D eigenvalue weighted by molar-refractivity contribution is 9.10. The van der Waals surface area contributed by atoms with Gasteiger partial charge in [0.15, 0.2) is 0 Å². The van der Waals surface area contributed by atoms with E-state index in [4.69, 9.17) is 0 Å². The first kappa shape index (κ1) is 12.8. The van der Waals surface area contributed by atoms with E-state index >= 15 is 0 Å². The molecule has 0 aliphatic rings. The lowest BCUT2D eigenvalue weighted by Crippen LogP contribution is -2.19. The van der Waals surface area contributed by atoms with Crippen molar-refractivity contribution in [3.63, 3.8) is 0 Å². The van der Waals surface area contributed by atoms with Crippen LogP contribution in [0.3, 0.4) is 0 Å². The van der Waals surface area contributed by atoms with Gasteiger partial charge in [-0.05, 0) is 33.6 Å². The summed E-state index contributed by atoms with van der Waals surface area (Å²) in [6.07, 6.45) is 5.33. The molecule has 2 rings (SSSR count). The molecule has 94 valence electrons. The minimum Gasteiger partial charge on any atom is -0.357 e. The Morgan fingerprint density at radius 3 is 2.72 bits per heavy atom. The van der Waals surface area contributed by atoms with Gasteiger partial charge in [-0.25, -0.2) is 4.98 Å². The third kappa shape index (κ3) is 2.95. The first-order chi connectivity index (χ1) is 8.70. The van der Waals surface area contributed by atoms with Crippen molar-refractivity contribution in [1.29, 1.82) is 0 Å². The van der Waals surface area contributed by atoms with E-state index in [0.717, 1.165) is 16.8 Å². The summed E-state index contributed by atoms with van der Waals surface area (Å²) in [4.78, 5) is 14.6. The second-order valence-corrected chi connectivity index (χ2v) is 4.68. The largest absolute Gasteiger partial charge is 0.357 e. The Bertz CT molecular complexity index is 517. The highest BCUT2D eigenvalue weighted by atomic mass is 79.9. The second kappa shape index (κ2) is 5.77. The van der Waals surface area contributed by atoms with E-state index in [0.29, 0.717) is 5.95 Å². The normalized spacial score (nSPS) is 10.2. The molecule has 0 saturated heterocycles. The molecule has 0 radical (unpaired) electrons. The SMILES string of the molecule is CNc1ncc(Br)c(N(C)Cc2ccncc2)n1. The fraction of sp³-hybridized carbons (Fsp3) is 0.250. The van der Waals surface area contributed by atoms with Crippen LogP contribution in [0.1, 0.15) is 5.56 Å². The molecule has 2 heterocycles. The first-order valence-corrected chi connectivity index (χ1v) is 6.30. The zero-order valence-electron chi connectivity index (χ0n) is 10.3. The number of hydrogen-bond acceptors (Lipinski definition) is 5. The van der Waals surface area contributed by atoms with Crippen LogP contribution in [0, 0.1) is 0 Å². The van der Waals surface area contributed by atoms with E-state index in [9.17, 15) is 0 Å². The number of aromatic nitrogens is 3. The van der Waals surface area contributed by atoms with Crippen LogP contribution < -0.4 is 10.2 Å². The van der Waals surface area contributed by atoms with Crippen molar-refractivity contribution in [2.45, 2.75) is 6.54 Å². The number of anilines is 2. The maximum absolute atomic E-state index is 4.43. The lowest BCUT2D eigenvalue weighted by Gasteiger charge is -2.19. The Kier molecular flexibility index (Phi) is 4.09. The quantitative estimate of drug-likeness (QED) is 0.939. The third-order valence-electron chi connectivity index (χ3n) is 2.48.